The van der Waals surface area contributed by atoms with E-state index < -0.39 is 0 Å². The van der Waals surface area contributed by atoms with Crippen LogP contribution in [0, 0.1) is 5.92 Å². The molecular formula is C10H16BNO. The van der Waals surface area contributed by atoms with E-state index >= 15 is 0 Å². The van der Waals surface area contributed by atoms with Crippen LogP contribution in [-0.4, -0.2) is 30.6 Å². The minimum absolute atomic E-state index is 0.0422. The molecule has 2 atom stereocenters. The fourth-order valence-electron chi connectivity index (χ4n) is 2.80. The van der Waals surface area contributed by atoms with Crippen molar-refractivity contribution in [1.82, 2.24) is 4.90 Å². The van der Waals surface area contributed by atoms with Crippen molar-refractivity contribution in [3.8, 4) is 0 Å². The second kappa shape index (κ2) is 2.40. The van der Waals surface area contributed by atoms with Crippen LogP contribution in [0.25, 0.3) is 0 Å². The Bertz CT molecular complexity index is 310. The molecule has 70 valence electrons. The summed E-state index contributed by atoms with van der Waals surface area (Å²) >= 11 is 0. The van der Waals surface area contributed by atoms with Gasteiger partial charge in [0.2, 0.25) is 5.91 Å². The van der Waals surface area contributed by atoms with E-state index in [1.165, 1.54) is 5.57 Å². The highest BCUT2D eigenvalue weighted by atomic mass is 16.2. The van der Waals surface area contributed by atoms with E-state index in [0.717, 1.165) is 18.5 Å². The molecule has 0 aromatic carbocycles. The van der Waals surface area contributed by atoms with Crippen molar-refractivity contribution in [3.63, 3.8) is 0 Å². The zero-order chi connectivity index (χ0) is 9.80. The summed E-state index contributed by atoms with van der Waals surface area (Å²) in [7, 11) is 2.19. The van der Waals surface area contributed by atoms with Crippen LogP contribution in [-0.2, 0) is 4.79 Å². The zero-order valence-electron chi connectivity index (χ0n) is 8.85. The summed E-state index contributed by atoms with van der Waals surface area (Å²) in [5.74, 6) is 0.904. The van der Waals surface area contributed by atoms with E-state index in [-0.39, 0.29) is 11.3 Å². The number of fused-ring (bicyclic) bond motifs is 1. The van der Waals surface area contributed by atoms with Crippen molar-refractivity contribution in [1.29, 1.82) is 0 Å². The monoisotopic (exact) mass is 177 g/mol. The van der Waals surface area contributed by atoms with E-state index in [0.29, 0.717) is 5.92 Å². The van der Waals surface area contributed by atoms with E-state index in [9.17, 15) is 4.79 Å². The Hall–Kier alpha value is -0.725. The smallest absolute Gasteiger partial charge is 0.249 e. The summed E-state index contributed by atoms with van der Waals surface area (Å²) in [6.45, 7) is 7.21. The molecule has 0 N–H and O–H groups in total. The average Bonchev–Trinajstić information content (AvgIpc) is 2.44. The van der Waals surface area contributed by atoms with Crippen LogP contribution in [0.3, 0.4) is 0 Å². The van der Waals surface area contributed by atoms with Gasteiger partial charge in [-0.1, -0.05) is 6.92 Å². The molecule has 2 rings (SSSR count). The number of nitrogens with zero attached hydrogens (tertiary/aromatic N) is 1. The molecule has 1 amide bonds. The summed E-state index contributed by atoms with van der Waals surface area (Å²) in [6, 6.07) is 0. The molecule has 13 heavy (non-hydrogen) atoms. The van der Waals surface area contributed by atoms with Crippen molar-refractivity contribution in [3.05, 3.63) is 11.1 Å². The largest absolute Gasteiger partial charge is 0.337 e. The molecule has 1 saturated heterocycles. The lowest BCUT2D eigenvalue weighted by Gasteiger charge is -2.29. The first-order valence-electron chi connectivity index (χ1n) is 4.96. The van der Waals surface area contributed by atoms with Crippen molar-refractivity contribution in [2.75, 3.05) is 6.54 Å². The van der Waals surface area contributed by atoms with Gasteiger partial charge in [0, 0.05) is 17.6 Å². The van der Waals surface area contributed by atoms with Gasteiger partial charge in [-0.05, 0) is 31.8 Å². The lowest BCUT2D eigenvalue weighted by molar-refractivity contribution is -0.126. The van der Waals surface area contributed by atoms with Crippen LogP contribution >= 0.6 is 0 Å². The molecule has 2 aliphatic heterocycles. The Morgan fingerprint density at radius 2 is 2.15 bits per heavy atom. The fraction of sp³-hybridized carbons (Fsp3) is 0.700. The van der Waals surface area contributed by atoms with E-state index in [2.05, 4.69) is 21.7 Å². The first-order chi connectivity index (χ1) is 5.97. The maximum absolute atomic E-state index is 11.8. The minimum Gasteiger partial charge on any atom is -0.337 e. The number of amides is 1. The molecule has 1 fully saturated rings. The molecule has 0 aromatic heterocycles. The first-order valence-corrected chi connectivity index (χ1v) is 4.96. The molecule has 0 saturated carbocycles. The van der Waals surface area contributed by atoms with Gasteiger partial charge < -0.3 is 4.90 Å². The standard InChI is InChI=1S/C10H16BNO/c1-6-4-10(11)8(3)7(2)9(13)12(10)5-6/h6H,4-5,11H2,1-3H3/t6?,10-/m0/s1. The molecule has 2 aliphatic rings. The molecular weight excluding hydrogens is 161 g/mol. The quantitative estimate of drug-likeness (QED) is 0.494. The number of carbonyl (C=O) groups is 1. The van der Waals surface area contributed by atoms with Crippen LogP contribution in [0.15, 0.2) is 11.1 Å². The maximum Gasteiger partial charge on any atom is 0.249 e. The predicted octanol–water partition coefficient (Wildman–Crippen LogP) is 0.534. The Balaban J connectivity index is 2.45. The summed E-state index contributed by atoms with van der Waals surface area (Å²) in [5, 5.41) is 0. The van der Waals surface area contributed by atoms with Crippen LogP contribution in [0.1, 0.15) is 27.2 Å². The van der Waals surface area contributed by atoms with Crippen molar-refractivity contribution >= 4 is 13.8 Å². The van der Waals surface area contributed by atoms with E-state index in [1.807, 2.05) is 11.8 Å². The average molecular weight is 177 g/mol. The minimum atomic E-state index is 0.0422. The second-order valence-electron chi connectivity index (χ2n) is 4.75. The second-order valence-corrected chi connectivity index (χ2v) is 4.75. The normalized spacial score (nSPS) is 38.8. The Labute approximate surface area is 80.4 Å². The number of carbonyl (C=O) groups excluding carboxylic acids is 1. The fourth-order valence-corrected chi connectivity index (χ4v) is 2.80. The van der Waals surface area contributed by atoms with Gasteiger partial charge in [-0.25, -0.2) is 0 Å². The van der Waals surface area contributed by atoms with Crippen LogP contribution in [0.5, 0.6) is 0 Å². The van der Waals surface area contributed by atoms with Gasteiger partial charge in [0.25, 0.3) is 0 Å². The van der Waals surface area contributed by atoms with Gasteiger partial charge in [0.05, 0.1) is 0 Å². The van der Waals surface area contributed by atoms with Crippen LogP contribution < -0.4 is 0 Å². The highest BCUT2D eigenvalue weighted by Crippen LogP contribution is 2.42. The lowest BCUT2D eigenvalue weighted by atomic mass is 9.70. The highest BCUT2D eigenvalue weighted by Gasteiger charge is 2.49. The van der Waals surface area contributed by atoms with Crippen molar-refractivity contribution < 1.29 is 4.79 Å². The van der Waals surface area contributed by atoms with Gasteiger partial charge in [0.15, 0.2) is 0 Å². The zero-order valence-corrected chi connectivity index (χ0v) is 8.85. The summed E-state index contributed by atoms with van der Waals surface area (Å²) in [4.78, 5) is 13.9. The molecule has 2 nitrogen and oxygen atoms in total. The number of hydrogen-bond acceptors (Lipinski definition) is 1. The topological polar surface area (TPSA) is 20.3 Å². The predicted molar refractivity (Wildman–Crippen MR) is 55.1 cm³/mol. The van der Waals surface area contributed by atoms with Crippen LogP contribution in [0.4, 0.5) is 0 Å². The van der Waals surface area contributed by atoms with Gasteiger partial charge in [-0.15, -0.1) is 0 Å². The molecule has 3 heteroatoms. The summed E-state index contributed by atoms with van der Waals surface area (Å²) < 4.78 is 0. The summed E-state index contributed by atoms with van der Waals surface area (Å²) in [6.07, 6.45) is 1.13. The first kappa shape index (κ1) is 8.85. The van der Waals surface area contributed by atoms with Gasteiger partial charge in [-0.2, -0.15) is 0 Å². The Morgan fingerprint density at radius 1 is 1.54 bits per heavy atom. The Morgan fingerprint density at radius 3 is 2.69 bits per heavy atom. The Kier molecular flexibility index (Phi) is 1.63. The molecule has 2 heterocycles. The van der Waals surface area contributed by atoms with E-state index in [1.54, 1.807) is 0 Å². The molecule has 0 radical (unpaired) electrons. The lowest BCUT2D eigenvalue weighted by Crippen LogP contribution is -2.43. The maximum atomic E-state index is 11.8. The van der Waals surface area contributed by atoms with Crippen LogP contribution in [0.2, 0.25) is 0 Å². The van der Waals surface area contributed by atoms with Crippen molar-refractivity contribution in [2.45, 2.75) is 32.6 Å². The van der Waals surface area contributed by atoms with Gasteiger partial charge in [0.1, 0.15) is 7.85 Å². The van der Waals surface area contributed by atoms with E-state index in [4.69, 9.17) is 0 Å². The van der Waals surface area contributed by atoms with Gasteiger partial charge in [-0.3, -0.25) is 4.79 Å². The summed E-state index contributed by atoms with van der Waals surface area (Å²) in [5.41, 5.74) is 2.29. The molecule has 0 aliphatic carbocycles. The number of rotatable bonds is 0. The number of hydrogen-bond donors (Lipinski definition) is 0. The molecule has 1 unspecified atom stereocenters. The molecule has 0 aromatic rings. The molecule has 0 spiro atoms. The third kappa shape index (κ3) is 0.931. The molecule has 0 bridgehead atoms. The highest BCUT2D eigenvalue weighted by molar-refractivity contribution is 6.22. The third-order valence-electron chi connectivity index (χ3n) is 3.77. The SMILES string of the molecule is B[C@@]12CC(C)CN1C(=O)C(C)=C2C. The van der Waals surface area contributed by atoms with Crippen molar-refractivity contribution in [2.24, 2.45) is 5.92 Å². The third-order valence-corrected chi connectivity index (χ3v) is 3.77. The van der Waals surface area contributed by atoms with Gasteiger partial charge >= 0.3 is 0 Å².